The zero-order valence-corrected chi connectivity index (χ0v) is 14.1. The maximum Gasteiger partial charge on any atom is 0.336 e. The molecule has 0 saturated carbocycles. The summed E-state index contributed by atoms with van der Waals surface area (Å²) in [7, 11) is 1.55. The molecule has 0 spiro atoms. The van der Waals surface area contributed by atoms with Gasteiger partial charge in [-0.15, -0.1) is 0 Å². The molecule has 2 aromatic carbocycles. The Balaban J connectivity index is 1.86. The fraction of sp³-hybridized carbons (Fsp3) is 0.200. The second-order valence-electron chi connectivity index (χ2n) is 6.14. The van der Waals surface area contributed by atoms with Gasteiger partial charge >= 0.3 is 5.97 Å². The molecule has 2 heterocycles. The van der Waals surface area contributed by atoms with Crippen molar-refractivity contribution in [3.8, 4) is 5.75 Å². The largest absolute Gasteiger partial charge is 0.496 e. The van der Waals surface area contributed by atoms with Crippen LogP contribution in [0.2, 0.25) is 0 Å². The topological polar surface area (TPSA) is 55.8 Å². The van der Waals surface area contributed by atoms with Crippen molar-refractivity contribution in [1.29, 1.82) is 0 Å². The zero-order valence-electron chi connectivity index (χ0n) is 14.1. The standard InChI is InChI=1S/C20H16FNO4/c1-25-17-8-3-2-7-14(17)15-10-18(23)22(13-6-4-5-12(21)9-13)16-11-26-20(24)19(15)16/h2-9,15H,10-11H2,1H3/t15-/m0/s1. The highest BCUT2D eigenvalue weighted by molar-refractivity contribution is 6.06. The summed E-state index contributed by atoms with van der Waals surface area (Å²) in [6.07, 6.45) is 0.0742. The van der Waals surface area contributed by atoms with Crippen molar-refractivity contribution in [1.82, 2.24) is 0 Å². The number of anilines is 1. The predicted octanol–water partition coefficient (Wildman–Crippen LogP) is 3.17. The third-order valence-corrected chi connectivity index (χ3v) is 4.70. The van der Waals surface area contributed by atoms with Crippen molar-refractivity contribution in [3.63, 3.8) is 0 Å². The van der Waals surface area contributed by atoms with Gasteiger partial charge in [0.05, 0.1) is 24.1 Å². The van der Waals surface area contributed by atoms with Crippen LogP contribution in [0.1, 0.15) is 17.9 Å². The molecule has 26 heavy (non-hydrogen) atoms. The molecule has 4 rings (SSSR count). The smallest absolute Gasteiger partial charge is 0.336 e. The molecule has 132 valence electrons. The second-order valence-corrected chi connectivity index (χ2v) is 6.14. The number of rotatable bonds is 3. The van der Waals surface area contributed by atoms with E-state index in [9.17, 15) is 14.0 Å². The Bertz CT molecular complexity index is 937. The van der Waals surface area contributed by atoms with Crippen LogP contribution in [-0.4, -0.2) is 25.6 Å². The van der Waals surface area contributed by atoms with Crippen molar-refractivity contribution in [3.05, 3.63) is 71.2 Å². The summed E-state index contributed by atoms with van der Waals surface area (Å²) in [5, 5.41) is 0. The van der Waals surface area contributed by atoms with Gasteiger partial charge in [-0.3, -0.25) is 9.69 Å². The number of nitrogens with zero attached hydrogens (tertiary/aromatic N) is 1. The number of cyclic esters (lactones) is 1. The monoisotopic (exact) mass is 353 g/mol. The SMILES string of the molecule is COc1ccccc1[C@@H]1CC(=O)N(c2cccc(F)c2)C2=C1C(=O)OC2. The van der Waals surface area contributed by atoms with Crippen LogP contribution in [0.25, 0.3) is 0 Å². The number of hydrogen-bond acceptors (Lipinski definition) is 4. The van der Waals surface area contributed by atoms with Crippen molar-refractivity contribution >= 4 is 17.6 Å². The minimum absolute atomic E-state index is 0.0118. The van der Waals surface area contributed by atoms with Crippen molar-refractivity contribution in [2.45, 2.75) is 12.3 Å². The van der Waals surface area contributed by atoms with Crippen LogP contribution in [-0.2, 0) is 14.3 Å². The van der Waals surface area contributed by atoms with Gasteiger partial charge in [0, 0.05) is 17.9 Å². The fourth-order valence-electron chi connectivity index (χ4n) is 3.59. The number of hydrogen-bond donors (Lipinski definition) is 0. The molecule has 0 bridgehead atoms. The fourth-order valence-corrected chi connectivity index (χ4v) is 3.59. The molecule has 0 fully saturated rings. The zero-order chi connectivity index (χ0) is 18.3. The van der Waals surface area contributed by atoms with Gasteiger partial charge in [0.15, 0.2) is 0 Å². The number of carbonyl (C=O) groups excluding carboxylic acids is 2. The molecule has 0 N–H and O–H groups in total. The first-order valence-corrected chi connectivity index (χ1v) is 8.21. The number of benzene rings is 2. The Labute approximate surface area is 149 Å². The number of esters is 1. The normalized spacial score (nSPS) is 19.5. The minimum atomic E-state index is -0.454. The van der Waals surface area contributed by atoms with Gasteiger partial charge in [-0.1, -0.05) is 24.3 Å². The number of methoxy groups -OCH3 is 1. The van der Waals surface area contributed by atoms with Crippen molar-refractivity contribution in [2.75, 3.05) is 18.6 Å². The first kappa shape index (κ1) is 16.3. The van der Waals surface area contributed by atoms with Crippen molar-refractivity contribution in [2.24, 2.45) is 0 Å². The first-order valence-electron chi connectivity index (χ1n) is 8.21. The lowest BCUT2D eigenvalue weighted by Gasteiger charge is -2.32. The van der Waals surface area contributed by atoms with E-state index < -0.39 is 17.7 Å². The molecule has 5 nitrogen and oxygen atoms in total. The molecule has 0 aliphatic carbocycles. The van der Waals surface area contributed by atoms with Crippen LogP contribution in [0.4, 0.5) is 10.1 Å². The third-order valence-electron chi connectivity index (χ3n) is 4.70. The third kappa shape index (κ3) is 2.54. The molecule has 0 radical (unpaired) electrons. The first-order chi connectivity index (χ1) is 12.6. The lowest BCUT2D eigenvalue weighted by atomic mass is 9.83. The molecule has 0 unspecified atom stereocenters. The van der Waals surface area contributed by atoms with E-state index in [0.717, 1.165) is 5.56 Å². The van der Waals surface area contributed by atoms with Crippen LogP contribution in [0.15, 0.2) is 59.8 Å². The maximum atomic E-state index is 13.6. The number of halogens is 1. The van der Waals surface area contributed by atoms with Gasteiger partial charge in [-0.05, 0) is 24.3 Å². The van der Waals surface area contributed by atoms with Crippen LogP contribution >= 0.6 is 0 Å². The average molecular weight is 353 g/mol. The van der Waals surface area contributed by atoms with E-state index >= 15 is 0 Å². The number of ether oxygens (including phenoxy) is 2. The highest BCUT2D eigenvalue weighted by Gasteiger charge is 2.43. The van der Waals surface area contributed by atoms with E-state index in [-0.39, 0.29) is 18.9 Å². The summed E-state index contributed by atoms with van der Waals surface area (Å²) < 4.78 is 24.3. The van der Waals surface area contributed by atoms with E-state index in [4.69, 9.17) is 9.47 Å². The molecule has 1 amide bonds. The summed E-state index contributed by atoms with van der Waals surface area (Å²) in [5.41, 5.74) is 2.04. The van der Waals surface area contributed by atoms with Gasteiger partial charge in [0.25, 0.3) is 0 Å². The minimum Gasteiger partial charge on any atom is -0.496 e. The molecule has 2 aromatic rings. The van der Waals surface area contributed by atoms with Gasteiger partial charge in [-0.2, -0.15) is 0 Å². The van der Waals surface area contributed by atoms with Crippen LogP contribution in [0.5, 0.6) is 5.75 Å². The molecule has 2 aliphatic heterocycles. The second kappa shape index (κ2) is 6.29. The van der Waals surface area contributed by atoms with E-state index in [1.807, 2.05) is 18.2 Å². The van der Waals surface area contributed by atoms with E-state index in [0.29, 0.717) is 22.7 Å². The van der Waals surface area contributed by atoms with Crippen LogP contribution < -0.4 is 9.64 Å². The van der Waals surface area contributed by atoms with Crippen LogP contribution in [0.3, 0.4) is 0 Å². The van der Waals surface area contributed by atoms with E-state index in [1.165, 1.54) is 23.1 Å². The molecule has 2 aliphatic rings. The number of para-hydroxylation sites is 1. The summed E-state index contributed by atoms with van der Waals surface area (Å²) in [4.78, 5) is 26.7. The average Bonchev–Trinajstić information content (AvgIpc) is 3.02. The Morgan fingerprint density at radius 1 is 1.15 bits per heavy atom. The Morgan fingerprint density at radius 2 is 1.96 bits per heavy atom. The lowest BCUT2D eigenvalue weighted by molar-refractivity contribution is -0.136. The Hall–Kier alpha value is -3.15. The quantitative estimate of drug-likeness (QED) is 0.796. The van der Waals surface area contributed by atoms with Crippen molar-refractivity contribution < 1.29 is 23.5 Å². The number of amides is 1. The van der Waals surface area contributed by atoms with Gasteiger partial charge in [-0.25, -0.2) is 9.18 Å². The molecule has 0 aromatic heterocycles. The molecule has 1 atom stereocenters. The van der Waals surface area contributed by atoms with Gasteiger partial charge < -0.3 is 9.47 Å². The van der Waals surface area contributed by atoms with E-state index in [1.54, 1.807) is 19.2 Å². The highest BCUT2D eigenvalue weighted by atomic mass is 19.1. The molecule has 0 saturated heterocycles. The Kier molecular flexibility index (Phi) is 3.95. The molecular weight excluding hydrogens is 337 g/mol. The Morgan fingerprint density at radius 3 is 2.73 bits per heavy atom. The lowest BCUT2D eigenvalue weighted by Crippen LogP contribution is -2.37. The molecule has 6 heteroatoms. The van der Waals surface area contributed by atoms with Gasteiger partial charge in [0.2, 0.25) is 5.91 Å². The molecular formula is C20H16FNO4. The summed E-state index contributed by atoms with van der Waals surface area (Å²) in [6.45, 7) is -0.0118. The maximum absolute atomic E-state index is 13.6. The van der Waals surface area contributed by atoms with E-state index in [2.05, 4.69) is 0 Å². The summed E-state index contributed by atoms with van der Waals surface area (Å²) in [5.74, 6) is -0.965. The van der Waals surface area contributed by atoms with Gasteiger partial charge in [0.1, 0.15) is 18.2 Å². The summed E-state index contributed by atoms with van der Waals surface area (Å²) in [6, 6.07) is 13.0. The van der Waals surface area contributed by atoms with Crippen LogP contribution in [0, 0.1) is 5.82 Å². The highest BCUT2D eigenvalue weighted by Crippen LogP contribution is 2.44. The predicted molar refractivity (Wildman–Crippen MR) is 92.2 cm³/mol. The summed E-state index contributed by atoms with van der Waals surface area (Å²) >= 11 is 0. The number of carbonyl (C=O) groups is 2.